The van der Waals surface area contributed by atoms with Crippen molar-refractivity contribution in [1.29, 1.82) is 0 Å². The molecule has 1 amide bonds. The van der Waals surface area contributed by atoms with E-state index in [1.54, 1.807) is 72.8 Å². The standard InChI is InChI=1S/C24H23ClN2O5S/c1-17-6-12-20(13-7-17)33(29,30)27-16-23(32-22-5-3-2-4-21(22)27)24(28)26-14-15-31-19-10-8-18(25)9-11-19/h2-13,23H,14-16H2,1H3,(H,26,28). The number of fused-ring (bicyclic) bond motifs is 1. The Balaban J connectivity index is 1.46. The van der Waals surface area contributed by atoms with Gasteiger partial charge in [0.2, 0.25) is 0 Å². The topological polar surface area (TPSA) is 84.9 Å². The van der Waals surface area contributed by atoms with Crippen molar-refractivity contribution in [2.45, 2.75) is 17.9 Å². The first-order valence-electron chi connectivity index (χ1n) is 10.4. The SMILES string of the molecule is Cc1ccc(S(=O)(=O)N2CC(C(=O)NCCOc3ccc(Cl)cc3)Oc3ccccc32)cc1. The first-order valence-corrected chi connectivity index (χ1v) is 12.2. The Kier molecular flexibility index (Phi) is 6.76. The Bertz CT molecular complexity index is 1230. The van der Waals surface area contributed by atoms with Gasteiger partial charge in [-0.1, -0.05) is 41.4 Å². The van der Waals surface area contributed by atoms with Crippen LogP contribution in [0.25, 0.3) is 0 Å². The Labute approximate surface area is 197 Å². The van der Waals surface area contributed by atoms with Crippen molar-refractivity contribution in [3.05, 3.63) is 83.4 Å². The first kappa shape index (κ1) is 22.9. The second-order valence-corrected chi connectivity index (χ2v) is 9.82. The quantitative estimate of drug-likeness (QED) is 0.513. The molecule has 0 aliphatic carbocycles. The summed E-state index contributed by atoms with van der Waals surface area (Å²) < 4.78 is 39.4. The van der Waals surface area contributed by atoms with E-state index >= 15 is 0 Å². The number of nitrogens with one attached hydrogen (secondary N) is 1. The lowest BCUT2D eigenvalue weighted by Gasteiger charge is -2.34. The maximum absolute atomic E-state index is 13.4. The molecule has 7 nitrogen and oxygen atoms in total. The van der Waals surface area contributed by atoms with Gasteiger partial charge in [-0.15, -0.1) is 0 Å². The molecule has 1 aliphatic rings. The van der Waals surface area contributed by atoms with E-state index in [1.807, 2.05) is 6.92 Å². The van der Waals surface area contributed by atoms with Gasteiger partial charge in [-0.2, -0.15) is 0 Å². The van der Waals surface area contributed by atoms with Gasteiger partial charge in [-0.05, 0) is 55.5 Å². The number of amides is 1. The summed E-state index contributed by atoms with van der Waals surface area (Å²) in [5.41, 5.74) is 1.35. The Hall–Kier alpha value is -3.23. The van der Waals surface area contributed by atoms with Crippen molar-refractivity contribution in [2.75, 3.05) is 24.0 Å². The number of hydrogen-bond acceptors (Lipinski definition) is 5. The molecule has 172 valence electrons. The number of carbonyl (C=O) groups is 1. The van der Waals surface area contributed by atoms with Crippen LogP contribution >= 0.6 is 11.6 Å². The highest BCUT2D eigenvalue weighted by molar-refractivity contribution is 7.92. The summed E-state index contributed by atoms with van der Waals surface area (Å²) in [4.78, 5) is 12.9. The molecule has 0 spiro atoms. The van der Waals surface area contributed by atoms with Crippen LogP contribution in [0, 0.1) is 6.92 Å². The molecule has 9 heteroatoms. The summed E-state index contributed by atoms with van der Waals surface area (Å²) in [7, 11) is -3.89. The van der Waals surface area contributed by atoms with Crippen LogP contribution in [0.2, 0.25) is 5.02 Å². The van der Waals surface area contributed by atoms with Gasteiger partial charge >= 0.3 is 0 Å². The van der Waals surface area contributed by atoms with Gasteiger partial charge in [0.1, 0.15) is 18.1 Å². The maximum Gasteiger partial charge on any atom is 0.264 e. The summed E-state index contributed by atoms with van der Waals surface area (Å²) in [5, 5.41) is 3.35. The number of para-hydroxylation sites is 2. The smallest absolute Gasteiger partial charge is 0.264 e. The monoisotopic (exact) mass is 486 g/mol. The largest absolute Gasteiger partial charge is 0.492 e. The zero-order chi connectivity index (χ0) is 23.4. The number of benzene rings is 3. The normalized spacial score (nSPS) is 15.3. The van der Waals surface area contributed by atoms with Gasteiger partial charge in [0.05, 0.1) is 23.7 Å². The van der Waals surface area contributed by atoms with Crippen LogP contribution in [0.5, 0.6) is 11.5 Å². The summed E-state index contributed by atoms with van der Waals surface area (Å²) in [6.07, 6.45) is -1.00. The number of hydrogen-bond donors (Lipinski definition) is 1. The fourth-order valence-corrected chi connectivity index (χ4v) is 4.99. The first-order chi connectivity index (χ1) is 15.8. The molecule has 0 bridgehead atoms. The second-order valence-electron chi connectivity index (χ2n) is 7.52. The molecule has 0 saturated heterocycles. The Morgan fingerprint density at radius 2 is 1.79 bits per heavy atom. The highest BCUT2D eigenvalue weighted by Gasteiger charge is 2.37. The molecule has 1 aliphatic heterocycles. The summed E-state index contributed by atoms with van der Waals surface area (Å²) in [5.74, 6) is 0.539. The minimum absolute atomic E-state index is 0.142. The van der Waals surface area contributed by atoms with E-state index in [9.17, 15) is 13.2 Å². The maximum atomic E-state index is 13.4. The third-order valence-electron chi connectivity index (χ3n) is 5.12. The average Bonchev–Trinajstić information content (AvgIpc) is 2.82. The Morgan fingerprint density at radius 1 is 1.09 bits per heavy atom. The fraction of sp³-hybridized carbons (Fsp3) is 0.208. The van der Waals surface area contributed by atoms with E-state index < -0.39 is 22.0 Å². The Morgan fingerprint density at radius 3 is 2.52 bits per heavy atom. The molecule has 4 rings (SSSR count). The van der Waals surface area contributed by atoms with Crippen molar-refractivity contribution < 1.29 is 22.7 Å². The minimum Gasteiger partial charge on any atom is -0.492 e. The fourth-order valence-electron chi connectivity index (χ4n) is 3.39. The van der Waals surface area contributed by atoms with Crippen molar-refractivity contribution in [1.82, 2.24) is 5.32 Å². The number of halogens is 1. The summed E-state index contributed by atoms with van der Waals surface area (Å²) in [6.45, 7) is 2.21. The van der Waals surface area contributed by atoms with Crippen LogP contribution in [0.1, 0.15) is 5.56 Å². The number of ether oxygens (including phenoxy) is 2. The molecule has 0 saturated carbocycles. The molecule has 1 heterocycles. The van der Waals surface area contributed by atoms with Crippen LogP contribution in [-0.4, -0.2) is 40.1 Å². The van der Waals surface area contributed by atoms with Crippen LogP contribution in [0.3, 0.4) is 0 Å². The van der Waals surface area contributed by atoms with Crippen LogP contribution < -0.4 is 19.1 Å². The highest BCUT2D eigenvalue weighted by Crippen LogP contribution is 2.36. The predicted octanol–water partition coefficient (Wildman–Crippen LogP) is 3.80. The third-order valence-corrected chi connectivity index (χ3v) is 7.17. The summed E-state index contributed by atoms with van der Waals surface area (Å²) in [6, 6.07) is 20.3. The molecule has 3 aromatic carbocycles. The molecule has 0 fully saturated rings. The number of rotatable bonds is 7. The van der Waals surface area contributed by atoms with Gasteiger partial charge in [-0.25, -0.2) is 8.42 Å². The van der Waals surface area contributed by atoms with E-state index in [4.69, 9.17) is 21.1 Å². The molecule has 1 unspecified atom stereocenters. The van der Waals surface area contributed by atoms with Crippen molar-refractivity contribution in [2.24, 2.45) is 0 Å². The molecule has 1 atom stereocenters. The lowest BCUT2D eigenvalue weighted by molar-refractivity contribution is -0.127. The second kappa shape index (κ2) is 9.72. The van der Waals surface area contributed by atoms with E-state index in [0.717, 1.165) is 5.56 Å². The highest BCUT2D eigenvalue weighted by atomic mass is 35.5. The van der Waals surface area contributed by atoms with E-state index in [-0.39, 0.29) is 24.6 Å². The number of nitrogens with zero attached hydrogens (tertiary/aromatic N) is 1. The number of carbonyl (C=O) groups excluding carboxylic acids is 1. The number of aryl methyl sites for hydroxylation is 1. The average molecular weight is 487 g/mol. The van der Waals surface area contributed by atoms with Crippen LogP contribution in [-0.2, 0) is 14.8 Å². The number of sulfonamides is 1. The van der Waals surface area contributed by atoms with Crippen LogP contribution in [0.15, 0.2) is 77.7 Å². The van der Waals surface area contributed by atoms with Crippen molar-refractivity contribution in [3.8, 4) is 11.5 Å². The van der Waals surface area contributed by atoms with Gasteiger partial charge in [0.25, 0.3) is 15.9 Å². The van der Waals surface area contributed by atoms with Gasteiger partial charge in [-0.3, -0.25) is 9.10 Å². The van der Waals surface area contributed by atoms with Crippen LogP contribution in [0.4, 0.5) is 5.69 Å². The lowest BCUT2D eigenvalue weighted by Crippen LogP contribution is -2.51. The lowest BCUT2D eigenvalue weighted by atomic mass is 10.2. The van der Waals surface area contributed by atoms with Crippen molar-refractivity contribution in [3.63, 3.8) is 0 Å². The molecular weight excluding hydrogens is 464 g/mol. The van der Waals surface area contributed by atoms with Gasteiger partial charge in [0, 0.05) is 5.02 Å². The molecule has 0 radical (unpaired) electrons. The molecular formula is C24H23ClN2O5S. The van der Waals surface area contributed by atoms with Gasteiger partial charge < -0.3 is 14.8 Å². The number of anilines is 1. The van der Waals surface area contributed by atoms with E-state index in [0.29, 0.717) is 22.2 Å². The van der Waals surface area contributed by atoms with E-state index in [2.05, 4.69) is 5.32 Å². The molecule has 0 aromatic heterocycles. The minimum atomic E-state index is -3.89. The van der Waals surface area contributed by atoms with Crippen molar-refractivity contribution >= 4 is 33.2 Å². The zero-order valence-corrected chi connectivity index (χ0v) is 19.5. The summed E-state index contributed by atoms with van der Waals surface area (Å²) >= 11 is 5.85. The molecule has 33 heavy (non-hydrogen) atoms. The zero-order valence-electron chi connectivity index (χ0n) is 17.9. The van der Waals surface area contributed by atoms with E-state index in [1.165, 1.54) is 4.31 Å². The van der Waals surface area contributed by atoms with Gasteiger partial charge in [0.15, 0.2) is 6.10 Å². The predicted molar refractivity (Wildman–Crippen MR) is 127 cm³/mol. The molecule has 1 N–H and O–H groups in total. The molecule has 3 aromatic rings. The third kappa shape index (κ3) is 5.23.